The van der Waals surface area contributed by atoms with Crippen LogP contribution in [-0.2, 0) is 6.18 Å². The quantitative estimate of drug-likeness (QED) is 0.859. The highest BCUT2D eigenvalue weighted by Crippen LogP contribution is 2.33. The Kier molecular flexibility index (Phi) is 4.22. The van der Waals surface area contributed by atoms with Crippen LogP contribution in [0.1, 0.15) is 15.4 Å². The van der Waals surface area contributed by atoms with Crippen molar-refractivity contribution in [2.24, 2.45) is 0 Å². The van der Waals surface area contributed by atoms with Gasteiger partial charge in [-0.05, 0) is 18.2 Å². The van der Waals surface area contributed by atoms with Crippen LogP contribution in [0, 0.1) is 0 Å². The lowest BCUT2D eigenvalue weighted by Crippen LogP contribution is -2.17. The smallest absolute Gasteiger partial charge is 0.320 e. The van der Waals surface area contributed by atoms with Crippen molar-refractivity contribution >= 4 is 46.1 Å². The number of rotatable bonds is 2. The maximum Gasteiger partial charge on any atom is 0.434 e. The van der Waals surface area contributed by atoms with E-state index in [9.17, 15) is 18.0 Å². The number of anilines is 1. The number of carbonyl (C=O) groups is 1. The van der Waals surface area contributed by atoms with E-state index in [1.807, 2.05) is 0 Å². The van der Waals surface area contributed by atoms with Crippen LogP contribution >= 0.6 is 34.5 Å². The SMILES string of the molecule is O=C(Nc1ccc(Cl)cc1Cl)c1scnc1C(F)(F)F. The molecule has 0 atom stereocenters. The fourth-order valence-corrected chi connectivity index (χ4v) is 2.54. The van der Waals surface area contributed by atoms with Gasteiger partial charge in [0.25, 0.3) is 5.91 Å². The number of nitrogens with one attached hydrogen (secondary N) is 1. The third-order valence-corrected chi connectivity index (χ3v) is 3.59. The van der Waals surface area contributed by atoms with E-state index in [1.54, 1.807) is 0 Å². The van der Waals surface area contributed by atoms with Crippen LogP contribution in [-0.4, -0.2) is 10.9 Å². The third kappa shape index (κ3) is 3.23. The number of alkyl halides is 3. The number of carbonyl (C=O) groups excluding carboxylic acids is 1. The van der Waals surface area contributed by atoms with Gasteiger partial charge >= 0.3 is 6.18 Å². The monoisotopic (exact) mass is 340 g/mol. The Labute approximate surface area is 125 Å². The molecule has 2 rings (SSSR count). The van der Waals surface area contributed by atoms with E-state index in [0.29, 0.717) is 16.4 Å². The third-order valence-electron chi connectivity index (χ3n) is 2.22. The Hall–Kier alpha value is -1.31. The van der Waals surface area contributed by atoms with Gasteiger partial charge in [-0.1, -0.05) is 23.2 Å². The van der Waals surface area contributed by atoms with E-state index < -0.39 is 22.7 Å². The van der Waals surface area contributed by atoms with Gasteiger partial charge in [0, 0.05) is 5.02 Å². The van der Waals surface area contributed by atoms with Gasteiger partial charge in [0.15, 0.2) is 5.69 Å². The van der Waals surface area contributed by atoms with Crippen molar-refractivity contribution in [3.05, 3.63) is 44.3 Å². The Morgan fingerprint density at radius 1 is 1.30 bits per heavy atom. The molecule has 9 heteroatoms. The molecular formula is C11H5Cl2F3N2OS. The maximum absolute atomic E-state index is 12.6. The molecule has 2 aromatic rings. The van der Waals surface area contributed by atoms with E-state index in [-0.39, 0.29) is 10.7 Å². The van der Waals surface area contributed by atoms with Crippen molar-refractivity contribution in [1.82, 2.24) is 4.98 Å². The zero-order valence-electron chi connectivity index (χ0n) is 9.46. The molecule has 0 unspecified atom stereocenters. The molecule has 106 valence electrons. The highest BCUT2D eigenvalue weighted by molar-refractivity contribution is 7.12. The second-order valence-electron chi connectivity index (χ2n) is 3.61. The Bertz CT molecular complexity index is 657. The van der Waals surface area contributed by atoms with Crippen LogP contribution in [0.4, 0.5) is 18.9 Å². The summed E-state index contributed by atoms with van der Waals surface area (Å²) in [6.45, 7) is 0. The van der Waals surface area contributed by atoms with Crippen LogP contribution in [0.2, 0.25) is 10.0 Å². The summed E-state index contributed by atoms with van der Waals surface area (Å²) in [7, 11) is 0. The summed E-state index contributed by atoms with van der Waals surface area (Å²) in [5.74, 6) is -0.927. The van der Waals surface area contributed by atoms with Crippen molar-refractivity contribution in [3.63, 3.8) is 0 Å². The first-order valence-electron chi connectivity index (χ1n) is 5.06. The van der Waals surface area contributed by atoms with Crippen molar-refractivity contribution in [1.29, 1.82) is 0 Å². The highest BCUT2D eigenvalue weighted by atomic mass is 35.5. The number of amides is 1. The van der Waals surface area contributed by atoms with Crippen LogP contribution in [0.25, 0.3) is 0 Å². The molecule has 3 nitrogen and oxygen atoms in total. The molecule has 0 fully saturated rings. The highest BCUT2D eigenvalue weighted by Gasteiger charge is 2.38. The minimum absolute atomic E-state index is 0.129. The molecule has 0 saturated carbocycles. The van der Waals surface area contributed by atoms with E-state index in [2.05, 4.69) is 10.3 Å². The topological polar surface area (TPSA) is 42.0 Å². The Morgan fingerprint density at radius 3 is 2.60 bits per heavy atom. The minimum Gasteiger partial charge on any atom is -0.320 e. The molecule has 0 radical (unpaired) electrons. The molecule has 0 aliphatic carbocycles. The van der Waals surface area contributed by atoms with Crippen molar-refractivity contribution in [3.8, 4) is 0 Å². The lowest BCUT2D eigenvalue weighted by atomic mass is 10.3. The van der Waals surface area contributed by atoms with Gasteiger partial charge in [0.1, 0.15) is 4.88 Å². The Morgan fingerprint density at radius 2 is 2.00 bits per heavy atom. The first kappa shape index (κ1) is 15.1. The van der Waals surface area contributed by atoms with Gasteiger partial charge in [-0.25, -0.2) is 4.98 Å². The van der Waals surface area contributed by atoms with Gasteiger partial charge in [0.2, 0.25) is 0 Å². The fourth-order valence-electron chi connectivity index (χ4n) is 1.38. The molecule has 0 spiro atoms. The molecule has 0 saturated heterocycles. The first-order chi connectivity index (χ1) is 9.29. The van der Waals surface area contributed by atoms with E-state index in [1.165, 1.54) is 18.2 Å². The second-order valence-corrected chi connectivity index (χ2v) is 5.30. The summed E-state index contributed by atoms with van der Waals surface area (Å²) in [6.07, 6.45) is -4.68. The molecule has 0 aliphatic rings. The number of nitrogens with zero attached hydrogens (tertiary/aromatic N) is 1. The minimum atomic E-state index is -4.68. The molecule has 0 aliphatic heterocycles. The first-order valence-corrected chi connectivity index (χ1v) is 6.69. The van der Waals surface area contributed by atoms with Crippen LogP contribution < -0.4 is 5.32 Å². The van der Waals surface area contributed by atoms with Crippen molar-refractivity contribution in [2.45, 2.75) is 6.18 Å². The number of halogens is 5. The lowest BCUT2D eigenvalue weighted by Gasteiger charge is -2.08. The van der Waals surface area contributed by atoms with Gasteiger partial charge in [0.05, 0.1) is 16.2 Å². The van der Waals surface area contributed by atoms with E-state index in [0.717, 1.165) is 5.51 Å². The molecular weight excluding hydrogens is 336 g/mol. The zero-order chi connectivity index (χ0) is 14.9. The molecule has 20 heavy (non-hydrogen) atoms. The second kappa shape index (κ2) is 5.59. The molecule has 1 amide bonds. The summed E-state index contributed by atoms with van der Waals surface area (Å²) in [6, 6.07) is 4.23. The van der Waals surface area contributed by atoms with Gasteiger partial charge < -0.3 is 5.32 Å². The lowest BCUT2D eigenvalue weighted by molar-refractivity contribution is -0.141. The summed E-state index contributed by atoms with van der Waals surface area (Å²) >= 11 is 12.1. The number of benzene rings is 1. The number of hydrogen-bond acceptors (Lipinski definition) is 3. The van der Waals surface area contributed by atoms with E-state index >= 15 is 0 Å². The van der Waals surface area contributed by atoms with Crippen LogP contribution in [0.5, 0.6) is 0 Å². The van der Waals surface area contributed by atoms with Crippen molar-refractivity contribution in [2.75, 3.05) is 5.32 Å². The van der Waals surface area contributed by atoms with E-state index in [4.69, 9.17) is 23.2 Å². The summed E-state index contributed by atoms with van der Waals surface area (Å²) in [4.78, 5) is 14.5. The Balaban J connectivity index is 2.27. The normalized spacial score (nSPS) is 11.4. The van der Waals surface area contributed by atoms with Gasteiger partial charge in [-0.2, -0.15) is 13.2 Å². The van der Waals surface area contributed by atoms with Crippen LogP contribution in [0.15, 0.2) is 23.7 Å². The predicted molar refractivity (Wildman–Crippen MR) is 71.5 cm³/mol. The molecule has 1 aromatic carbocycles. The zero-order valence-corrected chi connectivity index (χ0v) is 11.8. The molecule has 1 heterocycles. The summed E-state index contributed by atoms with van der Waals surface area (Å²) < 4.78 is 37.9. The number of thiazole rings is 1. The van der Waals surface area contributed by atoms with Crippen molar-refractivity contribution < 1.29 is 18.0 Å². The number of hydrogen-bond donors (Lipinski definition) is 1. The largest absolute Gasteiger partial charge is 0.434 e. The standard InChI is InChI=1S/C11H5Cl2F3N2OS/c12-5-1-2-7(6(13)3-5)18-10(19)8-9(11(14,15)16)17-4-20-8/h1-4H,(H,18,19). The molecule has 0 bridgehead atoms. The van der Waals surface area contributed by atoms with Gasteiger partial charge in [-0.3, -0.25) is 4.79 Å². The summed E-state index contributed by atoms with van der Waals surface area (Å²) in [5, 5.41) is 2.77. The number of aromatic nitrogens is 1. The fraction of sp³-hybridized carbons (Fsp3) is 0.0909. The maximum atomic E-state index is 12.6. The molecule has 1 N–H and O–H groups in total. The average Bonchev–Trinajstić information content (AvgIpc) is 2.81. The molecule has 1 aromatic heterocycles. The van der Waals surface area contributed by atoms with Gasteiger partial charge in [-0.15, -0.1) is 11.3 Å². The van der Waals surface area contributed by atoms with Crippen LogP contribution in [0.3, 0.4) is 0 Å². The average molecular weight is 341 g/mol. The summed E-state index contributed by atoms with van der Waals surface area (Å²) in [5.41, 5.74) is -0.0889. The predicted octanol–water partition coefficient (Wildman–Crippen LogP) is 4.72.